The normalized spacial score (nSPS) is 29.1. The fourth-order valence-corrected chi connectivity index (χ4v) is 10.9. The van der Waals surface area contributed by atoms with Crippen LogP contribution in [0.15, 0.2) is 0 Å². The molecule has 0 aromatic rings. The Morgan fingerprint density at radius 3 is 2.04 bits per heavy atom. The van der Waals surface area contributed by atoms with Crippen molar-refractivity contribution < 1.29 is 32.4 Å². The van der Waals surface area contributed by atoms with Crippen LogP contribution in [0.5, 0.6) is 0 Å². The smallest absolute Gasteiger partial charge is 0.315 e. The number of fused-ring (bicyclic) bond motifs is 1. The molecule has 0 spiro atoms. The predicted molar refractivity (Wildman–Crippen MR) is 188 cm³/mol. The van der Waals surface area contributed by atoms with Crippen molar-refractivity contribution in [3.63, 3.8) is 0 Å². The molecule has 5 aliphatic carbocycles. The minimum absolute atomic E-state index is 0.00731. The van der Waals surface area contributed by atoms with E-state index < -0.39 is 62.5 Å². The lowest BCUT2D eigenvalue weighted by atomic mass is 9.70. The van der Waals surface area contributed by atoms with Gasteiger partial charge in [0.05, 0.1) is 17.3 Å². The molecule has 12 nitrogen and oxygen atoms in total. The number of amides is 5. The Kier molecular flexibility index (Phi) is 10.4. The minimum Gasteiger partial charge on any atom is -0.347 e. The number of carbonyl (C=O) groups excluding carboxylic acids is 5. The van der Waals surface area contributed by atoms with E-state index in [1.807, 2.05) is 6.92 Å². The largest absolute Gasteiger partial charge is 0.347 e. The first-order chi connectivity index (χ1) is 23.6. The highest BCUT2D eigenvalue weighted by atomic mass is 32.2. The number of hydrogen-bond acceptors (Lipinski definition) is 7. The quantitative estimate of drug-likeness (QED) is 0.200. The maximum absolute atomic E-state index is 14.8. The van der Waals surface area contributed by atoms with Gasteiger partial charge in [0.25, 0.3) is 5.91 Å². The topological polar surface area (TPSA) is 171 Å². The van der Waals surface area contributed by atoms with Gasteiger partial charge >= 0.3 is 6.03 Å². The van der Waals surface area contributed by atoms with Crippen LogP contribution < -0.4 is 21.3 Å². The Morgan fingerprint density at radius 2 is 1.46 bits per heavy atom. The number of rotatable bonds is 14. The van der Waals surface area contributed by atoms with E-state index in [1.165, 1.54) is 0 Å². The number of piperidine rings is 1. The second-order valence-corrected chi connectivity index (χ2v) is 19.9. The molecule has 0 radical (unpaired) electrons. The number of ketones is 1. The molecule has 0 aromatic carbocycles. The van der Waals surface area contributed by atoms with Crippen molar-refractivity contribution in [3.05, 3.63) is 0 Å². The Hall–Kier alpha value is -2.70. The van der Waals surface area contributed by atoms with E-state index in [-0.39, 0.29) is 46.6 Å². The van der Waals surface area contributed by atoms with E-state index in [1.54, 1.807) is 11.8 Å². The number of hydrogen-bond donors (Lipinski definition) is 4. The molecular formula is C37H59N5O7S. The first-order valence-electron chi connectivity index (χ1n) is 19.3. The predicted octanol–water partition coefficient (Wildman–Crippen LogP) is 3.38. The van der Waals surface area contributed by atoms with Crippen LogP contribution in [0.2, 0.25) is 0 Å². The van der Waals surface area contributed by atoms with Crippen molar-refractivity contribution in [2.45, 2.75) is 154 Å². The van der Waals surface area contributed by atoms with Gasteiger partial charge in [-0.05, 0) is 73.5 Å². The minimum atomic E-state index is -3.38. The first-order valence-corrected chi connectivity index (χ1v) is 21.1. The second kappa shape index (κ2) is 14.0. The van der Waals surface area contributed by atoms with Crippen LogP contribution in [0, 0.1) is 28.6 Å². The van der Waals surface area contributed by atoms with E-state index >= 15 is 0 Å². The summed E-state index contributed by atoms with van der Waals surface area (Å²) in [6, 6.07) is -3.23. The molecule has 1 heterocycles. The molecule has 5 amide bonds. The summed E-state index contributed by atoms with van der Waals surface area (Å²) in [6.07, 6.45) is 12.1. The highest BCUT2D eigenvalue weighted by Crippen LogP contribution is 2.65. The van der Waals surface area contributed by atoms with E-state index in [2.05, 4.69) is 35.1 Å². The van der Waals surface area contributed by atoms with E-state index in [0.29, 0.717) is 25.8 Å². The Balaban J connectivity index is 1.23. The molecule has 0 bridgehead atoms. The van der Waals surface area contributed by atoms with Gasteiger partial charge < -0.3 is 26.2 Å². The maximum atomic E-state index is 14.8. The highest BCUT2D eigenvalue weighted by molar-refractivity contribution is 7.91. The summed E-state index contributed by atoms with van der Waals surface area (Å²) in [4.78, 5) is 70.8. The molecule has 6 aliphatic rings. The van der Waals surface area contributed by atoms with Crippen LogP contribution in [0.4, 0.5) is 4.79 Å². The Labute approximate surface area is 297 Å². The summed E-state index contributed by atoms with van der Waals surface area (Å²) in [6.45, 7) is 8.21. The Bertz CT molecular complexity index is 1460. The molecule has 13 heteroatoms. The van der Waals surface area contributed by atoms with Crippen molar-refractivity contribution in [1.29, 1.82) is 0 Å². The van der Waals surface area contributed by atoms with Gasteiger partial charge in [-0.15, -0.1) is 0 Å². The molecule has 280 valence electrons. The van der Waals surface area contributed by atoms with Crippen LogP contribution in [0.1, 0.15) is 124 Å². The standard InChI is InChI=1S/C37H59N5O7S/c1-5-50(48,49)22-37(18-10-7-11-19-37)41-34(47)40-30(36(4)16-8-6-9-17-36)33(46)42-21-25-27(35(25,2)3)28(42)31(44)39-26(20-23-12-13-23)29(43)32(45)38-24-14-15-24/h23-28,30H,5-22H2,1-4H3,(H,38,45)(H,39,44)(H2,40,41,47)/t25-,26?,27-,28-,30+/m0/s1. The van der Waals surface area contributed by atoms with Crippen LogP contribution in [0.3, 0.4) is 0 Å². The third-order valence-corrected chi connectivity index (χ3v) is 15.0. The maximum Gasteiger partial charge on any atom is 0.315 e. The van der Waals surface area contributed by atoms with Gasteiger partial charge in [-0.3, -0.25) is 19.2 Å². The average molecular weight is 718 g/mol. The number of likely N-dealkylation sites (tertiary alicyclic amines) is 1. The van der Waals surface area contributed by atoms with Crippen molar-refractivity contribution in [2.24, 2.45) is 28.6 Å². The molecule has 50 heavy (non-hydrogen) atoms. The molecular weight excluding hydrogens is 659 g/mol. The molecule has 5 saturated carbocycles. The van der Waals surface area contributed by atoms with Crippen LogP contribution in [-0.2, 0) is 29.0 Å². The van der Waals surface area contributed by atoms with Gasteiger partial charge in [0.15, 0.2) is 9.84 Å². The summed E-state index contributed by atoms with van der Waals surface area (Å²) < 4.78 is 25.6. The fraction of sp³-hybridized carbons (Fsp3) is 0.865. The average Bonchev–Trinajstić information content (AvgIpc) is 4.03. The number of nitrogens with zero attached hydrogens (tertiary/aromatic N) is 1. The molecule has 4 N–H and O–H groups in total. The summed E-state index contributed by atoms with van der Waals surface area (Å²) in [7, 11) is -3.38. The second-order valence-electron chi connectivity index (χ2n) is 17.5. The lowest BCUT2D eigenvalue weighted by molar-refractivity contribution is -0.146. The lowest BCUT2D eigenvalue weighted by Crippen LogP contribution is -2.64. The third kappa shape index (κ3) is 8.02. The van der Waals surface area contributed by atoms with E-state index in [0.717, 1.165) is 77.0 Å². The number of sulfone groups is 1. The van der Waals surface area contributed by atoms with Crippen molar-refractivity contribution in [3.8, 4) is 0 Å². The summed E-state index contributed by atoms with van der Waals surface area (Å²) in [5, 5.41) is 11.8. The van der Waals surface area contributed by atoms with Gasteiger partial charge in [-0.1, -0.05) is 79.1 Å². The van der Waals surface area contributed by atoms with Gasteiger partial charge in [-0.2, -0.15) is 0 Å². The molecule has 1 aliphatic heterocycles. The van der Waals surface area contributed by atoms with Crippen LogP contribution in [0.25, 0.3) is 0 Å². The first kappa shape index (κ1) is 37.1. The van der Waals surface area contributed by atoms with Crippen molar-refractivity contribution in [2.75, 3.05) is 18.1 Å². The fourth-order valence-electron chi connectivity index (χ4n) is 9.44. The summed E-state index contributed by atoms with van der Waals surface area (Å²) >= 11 is 0. The summed E-state index contributed by atoms with van der Waals surface area (Å²) in [5.74, 6) is -1.90. The van der Waals surface area contributed by atoms with Gasteiger partial charge in [0.2, 0.25) is 17.6 Å². The van der Waals surface area contributed by atoms with Crippen LogP contribution in [-0.4, -0.2) is 90.6 Å². The lowest BCUT2D eigenvalue weighted by Gasteiger charge is -2.44. The van der Waals surface area contributed by atoms with E-state index in [4.69, 9.17) is 0 Å². The molecule has 6 rings (SSSR count). The van der Waals surface area contributed by atoms with Gasteiger partial charge in [-0.25, -0.2) is 13.2 Å². The highest BCUT2D eigenvalue weighted by Gasteiger charge is 2.70. The number of nitrogens with one attached hydrogen (secondary N) is 4. The van der Waals surface area contributed by atoms with Crippen LogP contribution >= 0.6 is 0 Å². The zero-order valence-corrected chi connectivity index (χ0v) is 31.3. The monoisotopic (exact) mass is 717 g/mol. The Morgan fingerprint density at radius 1 is 0.840 bits per heavy atom. The zero-order chi connectivity index (χ0) is 36.1. The summed E-state index contributed by atoms with van der Waals surface area (Å²) in [5.41, 5.74) is -1.63. The molecule has 1 saturated heterocycles. The number of carbonyl (C=O) groups is 5. The number of Topliss-reactive ketones (excluding diaryl/α,β-unsaturated/α-hetero) is 1. The zero-order valence-electron chi connectivity index (χ0n) is 30.5. The molecule has 1 unspecified atom stereocenters. The van der Waals surface area contributed by atoms with Crippen molar-refractivity contribution in [1.82, 2.24) is 26.2 Å². The molecule has 6 fully saturated rings. The SMILES string of the molecule is CCS(=O)(=O)CC1(NC(=O)N[C@H](C(=O)N2C[C@H]3[C@@H]([C@H]2C(=O)NC(CC2CC2)C(=O)C(=O)NC2CC2)C3(C)C)C2(C)CCCCC2)CCCCC1. The third-order valence-electron chi connectivity index (χ3n) is 13.1. The number of urea groups is 1. The van der Waals surface area contributed by atoms with E-state index in [9.17, 15) is 32.4 Å². The van der Waals surface area contributed by atoms with Crippen molar-refractivity contribution >= 4 is 39.4 Å². The van der Waals surface area contributed by atoms with Gasteiger partial charge in [0.1, 0.15) is 12.1 Å². The van der Waals surface area contributed by atoms with Gasteiger partial charge in [0, 0.05) is 18.3 Å². The molecule has 0 aromatic heterocycles. The molecule has 5 atom stereocenters.